The molecule has 0 amide bonds. The molecule has 3 rings (SSSR count). The molecule has 0 saturated heterocycles. The number of halogens is 1. The highest BCUT2D eigenvalue weighted by molar-refractivity contribution is 6.32. The van der Waals surface area contributed by atoms with Crippen molar-refractivity contribution in [3.63, 3.8) is 0 Å². The van der Waals surface area contributed by atoms with Crippen molar-refractivity contribution >= 4 is 11.6 Å². The minimum absolute atomic E-state index is 0.323. The van der Waals surface area contributed by atoms with Crippen LogP contribution >= 0.6 is 11.6 Å². The van der Waals surface area contributed by atoms with Gasteiger partial charge in [0.25, 0.3) is 0 Å². The van der Waals surface area contributed by atoms with Gasteiger partial charge in [0.1, 0.15) is 6.07 Å². The summed E-state index contributed by atoms with van der Waals surface area (Å²) in [5, 5.41) is 14.4. The fourth-order valence-electron chi connectivity index (χ4n) is 3.37. The zero-order valence-corrected chi connectivity index (χ0v) is 17.7. The number of nitriles is 1. The van der Waals surface area contributed by atoms with Crippen LogP contribution in [0.1, 0.15) is 37.1 Å². The molecule has 146 valence electrons. The smallest absolute Gasteiger partial charge is 0.101 e. The molecule has 0 fully saturated rings. The van der Waals surface area contributed by atoms with E-state index in [1.807, 2.05) is 29.0 Å². The molecule has 1 aromatic carbocycles. The van der Waals surface area contributed by atoms with Crippen molar-refractivity contribution in [2.75, 3.05) is 0 Å². The number of allylic oxidation sites excluding steroid dienone is 4. The average molecular weight is 402 g/mol. The third-order valence-electron chi connectivity index (χ3n) is 4.76. The highest BCUT2D eigenvalue weighted by atomic mass is 35.5. The van der Waals surface area contributed by atoms with Crippen LogP contribution in [0.5, 0.6) is 0 Å². The topological polar surface area (TPSA) is 41.6 Å². The Balaban J connectivity index is 1.82. The Kier molecular flexibility index (Phi) is 6.42. The van der Waals surface area contributed by atoms with Gasteiger partial charge in [-0.3, -0.25) is 4.68 Å². The van der Waals surface area contributed by atoms with Crippen molar-refractivity contribution in [3.05, 3.63) is 76.5 Å². The summed E-state index contributed by atoms with van der Waals surface area (Å²) in [4.78, 5) is 0. The highest BCUT2D eigenvalue weighted by Gasteiger charge is 2.23. The zero-order valence-electron chi connectivity index (χ0n) is 16.9. The van der Waals surface area contributed by atoms with Crippen LogP contribution in [0.25, 0.3) is 11.3 Å². The first-order chi connectivity index (χ1) is 13.9. The summed E-state index contributed by atoms with van der Waals surface area (Å²) in [7, 11) is 0. The zero-order chi connectivity index (χ0) is 21.0. The predicted octanol–water partition coefficient (Wildman–Crippen LogP) is 5.89. The molecule has 0 saturated carbocycles. The second-order valence-corrected chi connectivity index (χ2v) is 7.94. The van der Waals surface area contributed by atoms with Crippen molar-refractivity contribution in [2.45, 2.75) is 39.7 Å². The van der Waals surface area contributed by atoms with E-state index in [1.165, 1.54) is 11.3 Å². The summed E-state index contributed by atoms with van der Waals surface area (Å²) in [5.41, 5.74) is 6.63. The average Bonchev–Trinajstić information content (AvgIpc) is 3.28. The summed E-state index contributed by atoms with van der Waals surface area (Å²) in [6, 6.07) is 7.61. The van der Waals surface area contributed by atoms with Gasteiger partial charge in [-0.15, -0.1) is 0 Å². The van der Waals surface area contributed by atoms with Crippen LogP contribution in [0, 0.1) is 29.1 Å². The lowest BCUT2D eigenvalue weighted by molar-refractivity contribution is 0.647. The fraction of sp³-hybridized carbons (Fsp3) is 0.280. The molecule has 0 atom stereocenters. The highest BCUT2D eigenvalue weighted by Crippen LogP contribution is 2.34. The van der Waals surface area contributed by atoms with E-state index < -0.39 is 0 Å². The van der Waals surface area contributed by atoms with Gasteiger partial charge in [-0.25, -0.2) is 0 Å². The predicted molar refractivity (Wildman–Crippen MR) is 119 cm³/mol. The Morgan fingerprint density at radius 3 is 2.79 bits per heavy atom. The van der Waals surface area contributed by atoms with Gasteiger partial charge >= 0.3 is 0 Å². The SMILES string of the molecule is C=C(C#CC(C)C)/C=C\C(=C)Cn1nc(-c2ccc(C#N)c(Cl)c2)c2c1CCC2. The monoisotopic (exact) mass is 401 g/mol. The van der Waals surface area contributed by atoms with Crippen LogP contribution in [0.4, 0.5) is 0 Å². The maximum absolute atomic E-state index is 9.10. The Morgan fingerprint density at radius 2 is 2.10 bits per heavy atom. The van der Waals surface area contributed by atoms with E-state index >= 15 is 0 Å². The molecule has 0 unspecified atom stereocenters. The molecule has 1 aliphatic rings. The van der Waals surface area contributed by atoms with E-state index in [-0.39, 0.29) is 0 Å². The minimum atomic E-state index is 0.323. The number of hydrogen-bond acceptors (Lipinski definition) is 2. The van der Waals surface area contributed by atoms with E-state index in [9.17, 15) is 0 Å². The Labute approximate surface area is 178 Å². The molecule has 0 N–H and O–H groups in total. The minimum Gasteiger partial charge on any atom is -0.264 e. The first-order valence-electron chi connectivity index (χ1n) is 9.74. The maximum atomic E-state index is 9.10. The summed E-state index contributed by atoms with van der Waals surface area (Å²) >= 11 is 6.24. The summed E-state index contributed by atoms with van der Waals surface area (Å²) in [6.45, 7) is 12.9. The summed E-state index contributed by atoms with van der Waals surface area (Å²) < 4.78 is 2.04. The molecule has 0 bridgehead atoms. The third-order valence-corrected chi connectivity index (χ3v) is 5.08. The standard InChI is InChI=1S/C25H24ClN3/c1-17(2)8-9-18(3)10-11-19(4)16-29-24-7-5-6-22(24)25(28-29)20-12-13-21(15-27)23(26)14-20/h10-14,17H,3-7,16H2,1-2H3/b11-10-. The quantitative estimate of drug-likeness (QED) is 0.462. The van der Waals surface area contributed by atoms with Crippen LogP contribution in [-0.4, -0.2) is 9.78 Å². The molecule has 0 aliphatic heterocycles. The van der Waals surface area contributed by atoms with E-state index in [1.54, 1.807) is 6.07 Å². The molecule has 2 aromatic rings. The van der Waals surface area contributed by atoms with Gasteiger partial charge in [0.2, 0.25) is 0 Å². The lowest BCUT2D eigenvalue weighted by atomic mass is 10.0. The molecule has 0 radical (unpaired) electrons. The first kappa shape index (κ1) is 20.7. The molecule has 1 aromatic heterocycles. The molecular weight excluding hydrogens is 378 g/mol. The first-order valence-corrected chi connectivity index (χ1v) is 10.1. The largest absolute Gasteiger partial charge is 0.264 e. The van der Waals surface area contributed by atoms with Crippen molar-refractivity contribution in [1.29, 1.82) is 5.26 Å². The van der Waals surface area contributed by atoms with Gasteiger partial charge in [-0.2, -0.15) is 10.4 Å². The molecule has 1 heterocycles. The van der Waals surface area contributed by atoms with Crippen LogP contribution in [0.3, 0.4) is 0 Å². The number of nitrogens with zero attached hydrogens (tertiary/aromatic N) is 3. The van der Waals surface area contributed by atoms with Crippen molar-refractivity contribution in [3.8, 4) is 29.2 Å². The lowest BCUT2D eigenvalue weighted by Crippen LogP contribution is -2.05. The van der Waals surface area contributed by atoms with Crippen molar-refractivity contribution in [1.82, 2.24) is 9.78 Å². The van der Waals surface area contributed by atoms with Crippen LogP contribution in [0.2, 0.25) is 5.02 Å². The molecule has 0 spiro atoms. The second kappa shape index (κ2) is 8.99. The Hall–Kier alpha value is -3.01. The van der Waals surface area contributed by atoms with Gasteiger partial charge < -0.3 is 0 Å². The van der Waals surface area contributed by atoms with Crippen molar-refractivity contribution < 1.29 is 0 Å². The number of rotatable bonds is 5. The number of benzene rings is 1. The van der Waals surface area contributed by atoms with Gasteiger partial charge in [0.15, 0.2) is 0 Å². The van der Waals surface area contributed by atoms with Crippen LogP contribution in [0.15, 0.2) is 54.7 Å². The maximum Gasteiger partial charge on any atom is 0.101 e. The van der Waals surface area contributed by atoms with E-state index in [0.29, 0.717) is 23.0 Å². The molecular formula is C25H24ClN3. The van der Waals surface area contributed by atoms with Crippen LogP contribution < -0.4 is 0 Å². The lowest BCUT2D eigenvalue weighted by Gasteiger charge is -2.05. The number of aromatic nitrogens is 2. The summed E-state index contributed by atoms with van der Waals surface area (Å²) in [5.74, 6) is 6.48. The Bertz CT molecular complexity index is 1100. The second-order valence-electron chi connectivity index (χ2n) is 7.53. The molecule has 4 heteroatoms. The number of hydrogen-bond donors (Lipinski definition) is 0. The van der Waals surface area contributed by atoms with Crippen molar-refractivity contribution in [2.24, 2.45) is 5.92 Å². The molecule has 1 aliphatic carbocycles. The van der Waals surface area contributed by atoms with Gasteiger partial charge in [-0.05, 0) is 43.0 Å². The van der Waals surface area contributed by atoms with E-state index in [4.69, 9.17) is 22.0 Å². The van der Waals surface area contributed by atoms with E-state index in [0.717, 1.165) is 41.7 Å². The molecule has 29 heavy (non-hydrogen) atoms. The summed E-state index contributed by atoms with van der Waals surface area (Å²) in [6.07, 6.45) is 7.00. The van der Waals surface area contributed by atoms with E-state index in [2.05, 4.69) is 44.9 Å². The van der Waals surface area contributed by atoms with Gasteiger partial charge in [-0.1, -0.05) is 62.6 Å². The molecule has 3 nitrogen and oxygen atoms in total. The van der Waals surface area contributed by atoms with Crippen LogP contribution in [-0.2, 0) is 19.4 Å². The number of fused-ring (bicyclic) bond motifs is 1. The third kappa shape index (κ3) is 4.89. The Morgan fingerprint density at radius 1 is 1.31 bits per heavy atom. The fourth-order valence-corrected chi connectivity index (χ4v) is 3.59. The van der Waals surface area contributed by atoms with Gasteiger partial charge in [0.05, 0.1) is 22.8 Å². The normalized spacial score (nSPS) is 12.5. The van der Waals surface area contributed by atoms with Gasteiger partial charge in [0, 0.05) is 28.3 Å².